The van der Waals surface area contributed by atoms with E-state index in [0.717, 1.165) is 0 Å². The van der Waals surface area contributed by atoms with Crippen LogP contribution in [0.4, 0.5) is 5.69 Å². The number of anilines is 1. The second-order valence-electron chi connectivity index (χ2n) is 6.93. The number of carbonyl (C=O) groups is 1. The third-order valence-electron chi connectivity index (χ3n) is 4.70. The molecule has 0 atom stereocenters. The summed E-state index contributed by atoms with van der Waals surface area (Å²) in [5.41, 5.74) is 1.03. The van der Waals surface area contributed by atoms with Crippen molar-refractivity contribution in [3.8, 4) is 5.75 Å². The van der Waals surface area contributed by atoms with Crippen LogP contribution in [0.1, 0.15) is 23.1 Å². The monoisotopic (exact) mass is 485 g/mol. The van der Waals surface area contributed by atoms with Gasteiger partial charge in [0, 0.05) is 11.9 Å². The van der Waals surface area contributed by atoms with Crippen molar-refractivity contribution in [2.24, 2.45) is 0 Å². The van der Waals surface area contributed by atoms with Crippen molar-refractivity contribution in [3.63, 3.8) is 0 Å². The fourth-order valence-corrected chi connectivity index (χ4v) is 4.40. The van der Waals surface area contributed by atoms with Crippen LogP contribution < -0.4 is 14.8 Å². The lowest BCUT2D eigenvalue weighted by atomic mass is 10.2. The molecule has 0 spiro atoms. The number of pyridine rings is 1. The first-order chi connectivity index (χ1) is 15.9. The Balaban J connectivity index is 1.50. The molecular weight excluding hydrogens is 466 g/mol. The third kappa shape index (κ3) is 5.07. The molecular formula is C22H20ClN5O4S. The van der Waals surface area contributed by atoms with Gasteiger partial charge in [0.25, 0.3) is 15.9 Å². The van der Waals surface area contributed by atoms with Gasteiger partial charge in [-0.25, -0.2) is 8.42 Å². The molecule has 0 saturated carbocycles. The molecule has 170 valence electrons. The maximum absolute atomic E-state index is 12.9. The number of sulfonamides is 1. The smallest absolute Gasteiger partial charge is 0.261 e. The Morgan fingerprint density at radius 2 is 1.88 bits per heavy atom. The Morgan fingerprint density at radius 3 is 2.64 bits per heavy atom. The Kier molecular flexibility index (Phi) is 6.47. The highest BCUT2D eigenvalue weighted by Crippen LogP contribution is 2.24. The first kappa shape index (κ1) is 22.6. The predicted molar refractivity (Wildman–Crippen MR) is 124 cm³/mol. The number of benzene rings is 2. The van der Waals surface area contributed by atoms with E-state index in [4.69, 9.17) is 16.3 Å². The lowest BCUT2D eigenvalue weighted by molar-refractivity contribution is 0.0949. The van der Waals surface area contributed by atoms with Crippen molar-refractivity contribution >= 4 is 38.9 Å². The summed E-state index contributed by atoms with van der Waals surface area (Å²) in [6, 6.07) is 15.9. The van der Waals surface area contributed by atoms with E-state index in [2.05, 4.69) is 20.2 Å². The van der Waals surface area contributed by atoms with Crippen molar-refractivity contribution < 1.29 is 17.9 Å². The molecule has 0 radical (unpaired) electrons. The van der Waals surface area contributed by atoms with E-state index in [0.29, 0.717) is 29.5 Å². The second-order valence-corrected chi connectivity index (χ2v) is 9.02. The molecule has 2 aromatic heterocycles. The average molecular weight is 486 g/mol. The van der Waals surface area contributed by atoms with E-state index in [1.54, 1.807) is 40.9 Å². The number of ether oxygens (including phenoxy) is 1. The number of amides is 1. The largest absolute Gasteiger partial charge is 0.494 e. The number of fused-ring (bicyclic) bond motifs is 1. The highest BCUT2D eigenvalue weighted by atomic mass is 35.5. The predicted octanol–water partition coefficient (Wildman–Crippen LogP) is 3.51. The van der Waals surface area contributed by atoms with E-state index in [1.807, 2.05) is 19.1 Å². The minimum atomic E-state index is -3.95. The molecule has 33 heavy (non-hydrogen) atoms. The Bertz CT molecular complexity index is 1400. The van der Waals surface area contributed by atoms with Crippen molar-refractivity contribution in [1.82, 2.24) is 19.9 Å². The van der Waals surface area contributed by atoms with Gasteiger partial charge in [0.2, 0.25) is 0 Å². The summed E-state index contributed by atoms with van der Waals surface area (Å²) < 4.78 is 35.3. The van der Waals surface area contributed by atoms with E-state index in [9.17, 15) is 13.2 Å². The summed E-state index contributed by atoms with van der Waals surface area (Å²) in [5, 5.41) is 10.9. The molecule has 9 nitrogen and oxygen atoms in total. The molecule has 2 heterocycles. The van der Waals surface area contributed by atoms with Crippen molar-refractivity contribution in [2.75, 3.05) is 11.3 Å². The van der Waals surface area contributed by atoms with Crippen LogP contribution in [0.5, 0.6) is 5.75 Å². The van der Waals surface area contributed by atoms with Crippen LogP contribution in [0.2, 0.25) is 5.02 Å². The van der Waals surface area contributed by atoms with Crippen LogP contribution in [-0.2, 0) is 16.6 Å². The molecule has 1 amide bonds. The first-order valence-electron chi connectivity index (χ1n) is 9.99. The van der Waals surface area contributed by atoms with Gasteiger partial charge in [-0.1, -0.05) is 17.7 Å². The van der Waals surface area contributed by atoms with Gasteiger partial charge in [0.05, 0.1) is 28.6 Å². The summed E-state index contributed by atoms with van der Waals surface area (Å²) >= 11 is 6.18. The SMILES string of the molecule is CCOc1ccc(NS(=O)(=O)c2ccc(Cl)c(C(=O)NCc3nnc4ccccn34)c2)cc1. The number of carbonyl (C=O) groups excluding carboxylic acids is 1. The molecule has 0 aliphatic heterocycles. The van der Waals surface area contributed by atoms with Gasteiger partial charge in [-0.15, -0.1) is 10.2 Å². The molecule has 0 bridgehead atoms. The van der Waals surface area contributed by atoms with Crippen LogP contribution >= 0.6 is 11.6 Å². The van der Waals surface area contributed by atoms with Gasteiger partial charge in [-0.05, 0) is 61.5 Å². The van der Waals surface area contributed by atoms with Crippen molar-refractivity contribution in [3.05, 3.63) is 83.3 Å². The van der Waals surface area contributed by atoms with Crippen LogP contribution in [0.15, 0.2) is 71.8 Å². The highest BCUT2D eigenvalue weighted by molar-refractivity contribution is 7.92. The quantitative estimate of drug-likeness (QED) is 0.394. The van der Waals surface area contributed by atoms with Gasteiger partial charge >= 0.3 is 0 Å². The van der Waals surface area contributed by atoms with E-state index < -0.39 is 15.9 Å². The fraction of sp³-hybridized carbons (Fsp3) is 0.136. The maximum Gasteiger partial charge on any atom is 0.261 e. The number of aromatic nitrogens is 3. The minimum absolute atomic E-state index is 0.0278. The van der Waals surface area contributed by atoms with Gasteiger partial charge < -0.3 is 10.1 Å². The van der Waals surface area contributed by atoms with Crippen molar-refractivity contribution in [2.45, 2.75) is 18.4 Å². The van der Waals surface area contributed by atoms with Crippen LogP contribution in [0.3, 0.4) is 0 Å². The minimum Gasteiger partial charge on any atom is -0.494 e. The third-order valence-corrected chi connectivity index (χ3v) is 6.41. The molecule has 4 aromatic rings. The zero-order valence-corrected chi connectivity index (χ0v) is 19.1. The molecule has 0 fully saturated rings. The van der Waals surface area contributed by atoms with Gasteiger partial charge in [0.15, 0.2) is 11.5 Å². The topological polar surface area (TPSA) is 115 Å². The number of nitrogens with one attached hydrogen (secondary N) is 2. The normalized spacial score (nSPS) is 11.3. The molecule has 0 aliphatic carbocycles. The second kappa shape index (κ2) is 9.47. The van der Waals surface area contributed by atoms with Gasteiger partial charge in [-0.2, -0.15) is 0 Å². The molecule has 11 heteroatoms. The average Bonchev–Trinajstić information content (AvgIpc) is 3.22. The zero-order chi connectivity index (χ0) is 23.4. The number of halogens is 1. The molecule has 4 rings (SSSR count). The molecule has 0 aliphatic rings. The van der Waals surface area contributed by atoms with Crippen LogP contribution in [-0.4, -0.2) is 35.5 Å². The fourth-order valence-electron chi connectivity index (χ4n) is 3.11. The number of hydrogen-bond donors (Lipinski definition) is 2. The molecule has 2 N–H and O–H groups in total. The first-order valence-corrected chi connectivity index (χ1v) is 11.9. The van der Waals surface area contributed by atoms with E-state index in [-0.39, 0.29) is 22.0 Å². The van der Waals surface area contributed by atoms with Crippen LogP contribution in [0, 0.1) is 0 Å². The molecule has 0 saturated heterocycles. The zero-order valence-electron chi connectivity index (χ0n) is 17.5. The van der Waals surface area contributed by atoms with Crippen LogP contribution in [0.25, 0.3) is 5.65 Å². The number of nitrogens with zero attached hydrogens (tertiary/aromatic N) is 3. The maximum atomic E-state index is 12.9. The van der Waals surface area contributed by atoms with Gasteiger partial charge in [-0.3, -0.25) is 13.9 Å². The summed E-state index contributed by atoms with van der Waals surface area (Å²) in [4.78, 5) is 12.7. The molecule has 2 aromatic carbocycles. The summed E-state index contributed by atoms with van der Waals surface area (Å²) in [6.45, 7) is 2.45. The number of rotatable bonds is 8. The van der Waals surface area contributed by atoms with Crippen molar-refractivity contribution in [1.29, 1.82) is 0 Å². The molecule has 0 unspecified atom stereocenters. The summed E-state index contributed by atoms with van der Waals surface area (Å²) in [6.07, 6.45) is 1.78. The summed E-state index contributed by atoms with van der Waals surface area (Å²) in [5.74, 6) is 0.619. The standard InChI is InChI=1S/C22H20ClN5O4S/c1-2-32-16-8-6-15(7-9-16)27-33(30,31)17-10-11-19(23)18(13-17)22(29)24-14-21-26-25-20-5-3-4-12-28(20)21/h3-13,27H,2,14H2,1H3,(H,24,29). The lowest BCUT2D eigenvalue weighted by Gasteiger charge is -2.11. The Hall–Kier alpha value is -3.63. The van der Waals surface area contributed by atoms with E-state index in [1.165, 1.54) is 18.2 Å². The number of hydrogen-bond acceptors (Lipinski definition) is 6. The van der Waals surface area contributed by atoms with E-state index >= 15 is 0 Å². The lowest BCUT2D eigenvalue weighted by Crippen LogP contribution is -2.25. The van der Waals surface area contributed by atoms with Gasteiger partial charge in [0.1, 0.15) is 5.75 Å². The Morgan fingerprint density at radius 1 is 1.09 bits per heavy atom. The Labute approximate surface area is 195 Å². The highest BCUT2D eigenvalue weighted by Gasteiger charge is 2.19. The summed E-state index contributed by atoms with van der Waals surface area (Å²) in [7, 11) is -3.95.